The number of H-pyrrole nitrogens is 1. The lowest BCUT2D eigenvalue weighted by Gasteiger charge is -2.32. The molecular weight excluding hydrogens is 333 g/mol. The van der Waals surface area contributed by atoms with E-state index in [1.807, 2.05) is 12.1 Å². The number of aromatic nitrogens is 2. The zero-order chi connectivity index (χ0) is 18.0. The number of alkyl halides is 3. The van der Waals surface area contributed by atoms with E-state index < -0.39 is 11.9 Å². The fraction of sp³-hybridized carbons (Fsp3) is 0.412. The van der Waals surface area contributed by atoms with Gasteiger partial charge < -0.3 is 10.2 Å². The minimum atomic E-state index is -4.47. The molecule has 1 aliphatic heterocycles. The average molecular weight is 352 g/mol. The number of para-hydroxylation sites is 1. The number of nitrogens with zero attached hydrogens (tertiary/aromatic N) is 2. The maximum absolute atomic E-state index is 12.8. The van der Waals surface area contributed by atoms with Crippen LogP contribution in [0, 0.1) is 0 Å². The van der Waals surface area contributed by atoms with Gasteiger partial charge >= 0.3 is 6.18 Å². The molecule has 0 spiro atoms. The summed E-state index contributed by atoms with van der Waals surface area (Å²) in [5, 5.41) is 8.83. The predicted octanol–water partition coefficient (Wildman–Crippen LogP) is 3.49. The molecule has 0 radical (unpaired) electrons. The van der Waals surface area contributed by atoms with Crippen LogP contribution in [-0.2, 0) is 6.18 Å². The third-order valence-corrected chi connectivity index (χ3v) is 4.46. The van der Waals surface area contributed by atoms with E-state index in [9.17, 15) is 18.0 Å². The predicted molar refractivity (Wildman–Crippen MR) is 87.5 cm³/mol. The number of carbonyl (C=O) groups is 1. The van der Waals surface area contributed by atoms with Crippen LogP contribution >= 0.6 is 0 Å². The third kappa shape index (κ3) is 3.62. The summed E-state index contributed by atoms with van der Waals surface area (Å²) in [7, 11) is 1.74. The van der Waals surface area contributed by atoms with Gasteiger partial charge in [0.2, 0.25) is 0 Å². The van der Waals surface area contributed by atoms with Crippen molar-refractivity contribution in [1.82, 2.24) is 15.1 Å². The fourth-order valence-electron chi connectivity index (χ4n) is 3.16. The molecule has 1 aromatic heterocycles. The number of benzene rings is 1. The Balaban J connectivity index is 1.77. The van der Waals surface area contributed by atoms with Crippen LogP contribution in [0.2, 0.25) is 0 Å². The molecule has 1 aliphatic rings. The quantitative estimate of drug-likeness (QED) is 0.889. The summed E-state index contributed by atoms with van der Waals surface area (Å²) in [6.45, 7) is 0.962. The van der Waals surface area contributed by atoms with Crippen LogP contribution in [-0.4, -0.2) is 41.1 Å². The van der Waals surface area contributed by atoms with Crippen LogP contribution in [0.4, 0.5) is 18.9 Å². The van der Waals surface area contributed by atoms with E-state index in [1.165, 1.54) is 0 Å². The largest absolute Gasteiger partial charge is 0.435 e. The van der Waals surface area contributed by atoms with Crippen LogP contribution in [0.5, 0.6) is 0 Å². The highest BCUT2D eigenvalue weighted by molar-refractivity contribution is 5.99. The van der Waals surface area contributed by atoms with Crippen LogP contribution in [0.25, 0.3) is 0 Å². The summed E-state index contributed by atoms with van der Waals surface area (Å²) >= 11 is 0. The Bertz CT molecular complexity index is 756. The van der Waals surface area contributed by atoms with Crippen LogP contribution < -0.4 is 5.32 Å². The highest BCUT2D eigenvalue weighted by Crippen LogP contribution is 2.32. The summed E-state index contributed by atoms with van der Waals surface area (Å²) in [6.07, 6.45) is -3.01. The second-order valence-corrected chi connectivity index (χ2v) is 6.09. The number of hydrogen-bond acceptors (Lipinski definition) is 3. The standard InChI is InChI=1S/C17H19F3N4O/c1-21-13-7-3-2-6-12(13)16(25)24-8-4-5-11(10-24)14-9-15(23-22-14)17(18,19)20/h2-3,6-7,9,11,21H,4-5,8,10H2,1H3,(H,22,23). The molecule has 5 nitrogen and oxygen atoms in total. The monoisotopic (exact) mass is 352 g/mol. The number of aromatic amines is 1. The highest BCUT2D eigenvalue weighted by atomic mass is 19.4. The maximum atomic E-state index is 12.8. The molecule has 2 heterocycles. The molecule has 3 rings (SSSR count). The molecule has 1 unspecified atom stereocenters. The molecule has 2 aromatic rings. The zero-order valence-electron chi connectivity index (χ0n) is 13.7. The van der Waals surface area contributed by atoms with Crippen molar-refractivity contribution in [1.29, 1.82) is 0 Å². The van der Waals surface area contributed by atoms with Crippen molar-refractivity contribution in [3.05, 3.63) is 47.3 Å². The van der Waals surface area contributed by atoms with Gasteiger partial charge in [-0.2, -0.15) is 18.3 Å². The van der Waals surface area contributed by atoms with Crippen molar-refractivity contribution in [2.24, 2.45) is 0 Å². The van der Waals surface area contributed by atoms with Crippen molar-refractivity contribution in [2.45, 2.75) is 24.9 Å². The van der Waals surface area contributed by atoms with Gasteiger partial charge in [0.15, 0.2) is 5.69 Å². The molecule has 1 amide bonds. The molecule has 25 heavy (non-hydrogen) atoms. The average Bonchev–Trinajstić information content (AvgIpc) is 3.12. The van der Waals surface area contributed by atoms with E-state index in [0.29, 0.717) is 24.3 Å². The Morgan fingerprint density at radius 1 is 1.36 bits per heavy atom. The summed E-state index contributed by atoms with van der Waals surface area (Å²) in [5.74, 6) is -0.298. The van der Waals surface area contributed by atoms with Gasteiger partial charge in [-0.15, -0.1) is 0 Å². The summed E-state index contributed by atoms with van der Waals surface area (Å²) in [4.78, 5) is 14.5. The van der Waals surface area contributed by atoms with Crippen LogP contribution in [0.3, 0.4) is 0 Å². The van der Waals surface area contributed by atoms with Crippen molar-refractivity contribution < 1.29 is 18.0 Å². The number of rotatable bonds is 3. The Morgan fingerprint density at radius 3 is 2.80 bits per heavy atom. The Hall–Kier alpha value is -2.51. The molecule has 134 valence electrons. The molecule has 1 atom stereocenters. The van der Waals surface area contributed by atoms with Gasteiger partial charge in [-0.1, -0.05) is 12.1 Å². The maximum Gasteiger partial charge on any atom is 0.435 e. The van der Waals surface area contributed by atoms with Gasteiger partial charge in [0.05, 0.1) is 5.56 Å². The second-order valence-electron chi connectivity index (χ2n) is 6.09. The van der Waals surface area contributed by atoms with Gasteiger partial charge in [0.1, 0.15) is 0 Å². The van der Waals surface area contributed by atoms with Gasteiger partial charge in [0.25, 0.3) is 5.91 Å². The molecule has 1 saturated heterocycles. The lowest BCUT2D eigenvalue weighted by Crippen LogP contribution is -2.39. The van der Waals surface area contributed by atoms with Gasteiger partial charge in [-0.25, -0.2) is 0 Å². The number of anilines is 1. The number of likely N-dealkylation sites (tertiary alicyclic amines) is 1. The first-order valence-electron chi connectivity index (χ1n) is 8.08. The number of halogens is 3. The molecule has 1 aromatic carbocycles. The van der Waals surface area contributed by atoms with Crippen molar-refractivity contribution in [2.75, 3.05) is 25.5 Å². The second kappa shape index (κ2) is 6.78. The number of piperidine rings is 1. The van der Waals surface area contributed by atoms with Gasteiger partial charge in [0, 0.05) is 37.4 Å². The van der Waals surface area contributed by atoms with Crippen molar-refractivity contribution in [3.63, 3.8) is 0 Å². The zero-order valence-corrected chi connectivity index (χ0v) is 13.7. The molecule has 0 bridgehead atoms. The molecule has 1 fully saturated rings. The number of nitrogens with one attached hydrogen (secondary N) is 2. The Kier molecular flexibility index (Phi) is 4.69. The van der Waals surface area contributed by atoms with E-state index in [2.05, 4.69) is 15.5 Å². The van der Waals surface area contributed by atoms with Crippen molar-refractivity contribution >= 4 is 11.6 Å². The normalized spacial score (nSPS) is 18.2. The third-order valence-electron chi connectivity index (χ3n) is 4.46. The molecule has 2 N–H and O–H groups in total. The molecule has 0 saturated carbocycles. The minimum absolute atomic E-state index is 0.120. The molecule has 8 heteroatoms. The van der Waals surface area contributed by atoms with E-state index in [4.69, 9.17) is 0 Å². The Labute approximate surface area is 143 Å². The van der Waals surface area contributed by atoms with Crippen LogP contribution in [0.15, 0.2) is 30.3 Å². The van der Waals surface area contributed by atoms with E-state index in [-0.39, 0.29) is 11.8 Å². The lowest BCUT2D eigenvalue weighted by molar-refractivity contribution is -0.141. The summed E-state index contributed by atoms with van der Waals surface area (Å²) in [6, 6.07) is 8.24. The smallest absolute Gasteiger partial charge is 0.387 e. The first-order valence-corrected chi connectivity index (χ1v) is 8.08. The van der Waals surface area contributed by atoms with E-state index >= 15 is 0 Å². The van der Waals surface area contributed by atoms with E-state index in [0.717, 1.165) is 24.6 Å². The lowest BCUT2D eigenvalue weighted by atomic mass is 9.94. The first kappa shape index (κ1) is 17.3. The molecular formula is C17H19F3N4O. The topological polar surface area (TPSA) is 61.0 Å². The number of carbonyl (C=O) groups excluding carboxylic acids is 1. The highest BCUT2D eigenvalue weighted by Gasteiger charge is 2.35. The fourth-order valence-corrected chi connectivity index (χ4v) is 3.16. The van der Waals surface area contributed by atoms with Gasteiger partial charge in [-0.3, -0.25) is 9.89 Å². The van der Waals surface area contributed by atoms with E-state index in [1.54, 1.807) is 24.1 Å². The van der Waals surface area contributed by atoms with Crippen molar-refractivity contribution in [3.8, 4) is 0 Å². The minimum Gasteiger partial charge on any atom is -0.387 e. The number of amides is 1. The Morgan fingerprint density at radius 2 is 2.12 bits per heavy atom. The number of hydrogen-bond donors (Lipinski definition) is 2. The first-order chi connectivity index (χ1) is 11.9. The van der Waals surface area contributed by atoms with Gasteiger partial charge in [-0.05, 0) is 31.0 Å². The van der Waals surface area contributed by atoms with Crippen LogP contribution in [0.1, 0.15) is 40.5 Å². The SMILES string of the molecule is CNc1ccccc1C(=O)N1CCCC(c2cc(C(F)(F)F)n[nH]2)C1. The summed E-state index contributed by atoms with van der Waals surface area (Å²) < 4.78 is 38.2. The molecule has 0 aliphatic carbocycles. The summed E-state index contributed by atoms with van der Waals surface area (Å²) in [5.41, 5.74) is 0.792.